The predicted molar refractivity (Wildman–Crippen MR) is 214 cm³/mol. The van der Waals surface area contributed by atoms with Crippen LogP contribution in [0.5, 0.6) is 0 Å². The van der Waals surface area contributed by atoms with Crippen molar-refractivity contribution in [2.24, 2.45) is 56.7 Å². The van der Waals surface area contributed by atoms with Crippen LogP contribution in [0, 0.1) is 56.7 Å². The highest BCUT2D eigenvalue weighted by Gasteiger charge is 2.68. The van der Waals surface area contributed by atoms with E-state index in [1.807, 2.05) is 5.57 Å². The minimum Gasteiger partial charge on any atom is -0.462 e. The Labute approximate surface area is 310 Å². The van der Waals surface area contributed by atoms with E-state index in [9.17, 15) is 4.79 Å². The van der Waals surface area contributed by atoms with Crippen LogP contribution in [0.25, 0.3) is 0 Å². The zero-order chi connectivity index (χ0) is 36.2. The summed E-state index contributed by atoms with van der Waals surface area (Å²) in [4.78, 5) is 13.2. The first-order valence-corrected chi connectivity index (χ1v) is 21.9. The largest absolute Gasteiger partial charge is 0.462 e. The molecule has 5 aliphatic carbocycles. The Hall–Kier alpha value is -1.31. The van der Waals surface area contributed by atoms with E-state index in [0.29, 0.717) is 39.9 Å². The van der Waals surface area contributed by atoms with Crippen LogP contribution in [0.2, 0.25) is 0 Å². The lowest BCUT2D eigenvalue weighted by Gasteiger charge is -2.71. The van der Waals surface area contributed by atoms with Crippen molar-refractivity contribution in [2.45, 2.75) is 203 Å². The van der Waals surface area contributed by atoms with Crippen LogP contribution in [0.3, 0.4) is 0 Å². The first kappa shape index (κ1) is 39.9. The number of esters is 1. The highest BCUT2D eigenvalue weighted by molar-refractivity contribution is 5.69. The summed E-state index contributed by atoms with van der Waals surface area (Å²) in [5, 5.41) is 0. The van der Waals surface area contributed by atoms with Crippen molar-refractivity contribution in [1.29, 1.82) is 0 Å². The van der Waals surface area contributed by atoms with Crippen LogP contribution in [-0.2, 0) is 9.53 Å². The highest BCUT2D eigenvalue weighted by Crippen LogP contribution is 2.75. The molecule has 0 amide bonds. The maximum absolute atomic E-state index is 13.2. The Morgan fingerprint density at radius 2 is 1.44 bits per heavy atom. The number of unbranched alkanes of at least 4 members (excludes halogenated alkanes) is 8. The van der Waals surface area contributed by atoms with Crippen LogP contribution in [0.15, 0.2) is 36.0 Å². The molecule has 0 saturated heterocycles. The first-order valence-electron chi connectivity index (χ1n) is 21.9. The molecular weight excluding hydrogens is 609 g/mol. The normalized spacial score (nSPS) is 40.9. The second-order valence-electron chi connectivity index (χ2n) is 20.1. The van der Waals surface area contributed by atoms with Gasteiger partial charge >= 0.3 is 5.97 Å². The molecule has 10 atom stereocenters. The third-order valence-electron chi connectivity index (χ3n) is 16.9. The van der Waals surface area contributed by atoms with Gasteiger partial charge in [0.15, 0.2) is 0 Å². The lowest BCUT2D eigenvalue weighted by Crippen LogP contribution is -2.65. The van der Waals surface area contributed by atoms with Crippen molar-refractivity contribution in [3.63, 3.8) is 0 Å². The van der Waals surface area contributed by atoms with Gasteiger partial charge in [0.1, 0.15) is 6.10 Å². The van der Waals surface area contributed by atoms with Gasteiger partial charge in [0.05, 0.1) is 0 Å². The molecular formula is C48H80O2. The molecule has 0 radical (unpaired) electrons. The van der Waals surface area contributed by atoms with E-state index < -0.39 is 0 Å². The molecule has 0 aromatic heterocycles. The molecule has 0 unspecified atom stereocenters. The van der Waals surface area contributed by atoms with E-state index >= 15 is 0 Å². The van der Waals surface area contributed by atoms with Gasteiger partial charge in [-0.3, -0.25) is 4.79 Å². The lowest BCUT2D eigenvalue weighted by atomic mass is 9.33. The number of carbonyl (C=O) groups is 1. The van der Waals surface area contributed by atoms with Gasteiger partial charge < -0.3 is 4.74 Å². The Balaban J connectivity index is 1.10. The van der Waals surface area contributed by atoms with E-state index in [0.717, 1.165) is 43.4 Å². The van der Waals surface area contributed by atoms with Crippen LogP contribution in [0.4, 0.5) is 0 Å². The second-order valence-corrected chi connectivity index (χ2v) is 20.1. The third kappa shape index (κ3) is 7.68. The van der Waals surface area contributed by atoms with Gasteiger partial charge in [-0.1, -0.05) is 130 Å². The number of hydrogen-bond acceptors (Lipinski definition) is 2. The number of fused-ring (bicyclic) bond motifs is 7. The summed E-state index contributed by atoms with van der Waals surface area (Å²) >= 11 is 0. The van der Waals surface area contributed by atoms with E-state index in [1.54, 1.807) is 0 Å². The smallest absolute Gasteiger partial charge is 0.306 e. The summed E-state index contributed by atoms with van der Waals surface area (Å²) in [5.74, 6) is 3.77. The standard InChI is InChI=1S/C48H80O2/c1-10-11-12-13-14-15-16-17-18-19-20-21-22-23-24-25-42(49)50-41-30-32-46(7)39(44(41,4)5)29-33-48(9)40(46)27-26-38-43-37(3)36(2)28-31-45(43,6)34-35-47(38,48)8/h14-15,17-18,26,36-37,39-41,43H,10-13,16,19-25,27-35H2,1-9H3/b15-14-,18-17-/t36-,37+,39+,40-,41+,43+,45-,46+,47-,48-/m1/s1. The van der Waals surface area contributed by atoms with Gasteiger partial charge in [0, 0.05) is 11.8 Å². The maximum Gasteiger partial charge on any atom is 0.306 e. The summed E-state index contributed by atoms with van der Waals surface area (Å²) in [7, 11) is 0. The first-order chi connectivity index (χ1) is 23.7. The predicted octanol–water partition coefficient (Wildman–Crippen LogP) is 14.4. The average Bonchev–Trinajstić information content (AvgIpc) is 3.07. The lowest BCUT2D eigenvalue weighted by molar-refractivity contribution is -0.213. The van der Waals surface area contributed by atoms with E-state index in [-0.39, 0.29) is 17.5 Å². The Kier molecular flexibility index (Phi) is 13.1. The second kappa shape index (κ2) is 16.4. The molecule has 2 nitrogen and oxygen atoms in total. The molecule has 0 aromatic rings. The monoisotopic (exact) mass is 689 g/mol. The Morgan fingerprint density at radius 1 is 0.760 bits per heavy atom. The van der Waals surface area contributed by atoms with Crippen LogP contribution < -0.4 is 0 Å². The van der Waals surface area contributed by atoms with E-state index in [2.05, 4.69) is 92.7 Å². The summed E-state index contributed by atoms with van der Waals surface area (Å²) < 4.78 is 6.41. The molecule has 0 spiro atoms. The SMILES string of the molecule is CCCCC/C=C\C/C=C\CCCCCCCC(=O)O[C@H]1CC[C@]2(C)[C@H]3CC=C4[C@@H]5[C@@H](C)[C@H](C)CC[C@]5(C)CC[C@@]4(C)[C@]3(C)CC[C@H]2C1(C)C. The van der Waals surface area contributed by atoms with Gasteiger partial charge in [0.2, 0.25) is 0 Å². The zero-order valence-electron chi connectivity index (χ0n) is 34.5. The van der Waals surface area contributed by atoms with Gasteiger partial charge in [-0.2, -0.15) is 0 Å². The van der Waals surface area contributed by atoms with Gasteiger partial charge in [-0.05, 0) is 148 Å². The van der Waals surface area contributed by atoms with Crippen LogP contribution >= 0.6 is 0 Å². The van der Waals surface area contributed by atoms with Gasteiger partial charge in [-0.25, -0.2) is 0 Å². The summed E-state index contributed by atoms with van der Waals surface area (Å²) in [6.07, 6.45) is 37.8. The molecule has 0 N–H and O–H groups in total. The number of ether oxygens (including phenoxy) is 1. The summed E-state index contributed by atoms with van der Waals surface area (Å²) in [5.41, 5.74) is 3.36. The molecule has 0 aliphatic heterocycles. The Morgan fingerprint density at radius 3 is 2.16 bits per heavy atom. The number of hydrogen-bond donors (Lipinski definition) is 0. The fourth-order valence-electron chi connectivity index (χ4n) is 13.3. The quantitative estimate of drug-likeness (QED) is 0.0972. The van der Waals surface area contributed by atoms with Gasteiger partial charge in [-0.15, -0.1) is 0 Å². The molecule has 284 valence electrons. The van der Waals surface area contributed by atoms with Crippen molar-refractivity contribution < 1.29 is 9.53 Å². The van der Waals surface area contributed by atoms with Gasteiger partial charge in [0.25, 0.3) is 0 Å². The minimum atomic E-state index is 0.0195. The van der Waals surface area contributed by atoms with Crippen molar-refractivity contribution in [3.05, 3.63) is 36.0 Å². The third-order valence-corrected chi connectivity index (χ3v) is 16.9. The molecule has 5 rings (SSSR count). The topological polar surface area (TPSA) is 26.3 Å². The fourth-order valence-corrected chi connectivity index (χ4v) is 13.3. The molecule has 4 fully saturated rings. The molecule has 50 heavy (non-hydrogen) atoms. The van der Waals surface area contributed by atoms with Crippen LogP contribution in [0.1, 0.15) is 197 Å². The average molecular weight is 689 g/mol. The number of carbonyl (C=O) groups excluding carboxylic acids is 1. The summed E-state index contributed by atoms with van der Waals surface area (Å²) in [6, 6.07) is 0. The molecule has 4 saturated carbocycles. The highest BCUT2D eigenvalue weighted by atomic mass is 16.5. The van der Waals surface area contributed by atoms with Crippen molar-refractivity contribution in [3.8, 4) is 0 Å². The molecule has 5 aliphatic rings. The molecule has 0 bridgehead atoms. The molecule has 0 aromatic carbocycles. The molecule has 0 heterocycles. The van der Waals surface area contributed by atoms with E-state index in [4.69, 9.17) is 4.74 Å². The zero-order valence-corrected chi connectivity index (χ0v) is 34.5. The maximum atomic E-state index is 13.2. The van der Waals surface area contributed by atoms with Crippen molar-refractivity contribution in [2.75, 3.05) is 0 Å². The fraction of sp³-hybridized carbons (Fsp3) is 0.854. The molecule has 2 heteroatoms. The number of rotatable bonds is 15. The number of allylic oxidation sites excluding steroid dienone is 6. The van der Waals surface area contributed by atoms with Crippen molar-refractivity contribution >= 4 is 5.97 Å². The minimum absolute atomic E-state index is 0.0195. The summed E-state index contributed by atoms with van der Waals surface area (Å²) in [6.45, 7) is 23.1. The Bertz CT molecular complexity index is 1220. The van der Waals surface area contributed by atoms with Crippen molar-refractivity contribution in [1.82, 2.24) is 0 Å². The van der Waals surface area contributed by atoms with Crippen LogP contribution in [-0.4, -0.2) is 12.1 Å². The van der Waals surface area contributed by atoms with E-state index in [1.165, 1.54) is 103 Å².